The van der Waals surface area contributed by atoms with Crippen molar-refractivity contribution in [1.29, 1.82) is 0 Å². The first kappa shape index (κ1) is 19.6. The summed E-state index contributed by atoms with van der Waals surface area (Å²) in [4.78, 5) is 35.2. The summed E-state index contributed by atoms with van der Waals surface area (Å²) < 4.78 is 0. The van der Waals surface area contributed by atoms with E-state index in [1.165, 1.54) is 36.4 Å². The van der Waals surface area contributed by atoms with Crippen molar-refractivity contribution >= 4 is 29.3 Å². The number of anilines is 2. The standard InChI is InChI=1S/C22H17NO6/c24-20(25)15-3-1-14(2-4-15)13-23(18-9-5-16(6-10-18)21(26)27)19-11-7-17(8-12-19)22(28)29/h1-12H,13H2,(H,24,25)(H,26,27)(H,28,29). The fourth-order valence-corrected chi connectivity index (χ4v) is 2.83. The molecule has 29 heavy (non-hydrogen) atoms. The van der Waals surface area contributed by atoms with Crippen LogP contribution in [-0.2, 0) is 6.54 Å². The van der Waals surface area contributed by atoms with Gasteiger partial charge in [0.2, 0.25) is 0 Å². The fraction of sp³-hybridized carbons (Fsp3) is 0.0455. The summed E-state index contributed by atoms with van der Waals surface area (Å²) in [5, 5.41) is 27.3. The van der Waals surface area contributed by atoms with Crippen molar-refractivity contribution in [2.75, 3.05) is 4.90 Å². The van der Waals surface area contributed by atoms with Gasteiger partial charge in [-0.05, 0) is 66.2 Å². The minimum Gasteiger partial charge on any atom is -0.478 e. The molecule has 3 aromatic carbocycles. The third kappa shape index (κ3) is 4.59. The Morgan fingerprint density at radius 2 is 0.862 bits per heavy atom. The summed E-state index contributed by atoms with van der Waals surface area (Å²) in [6.07, 6.45) is 0. The van der Waals surface area contributed by atoms with E-state index >= 15 is 0 Å². The molecule has 7 heteroatoms. The molecule has 0 aromatic heterocycles. The number of hydrogen-bond acceptors (Lipinski definition) is 4. The number of carboxylic acid groups (broad SMARTS) is 3. The number of carboxylic acids is 3. The monoisotopic (exact) mass is 391 g/mol. The molecule has 0 spiro atoms. The number of carbonyl (C=O) groups is 3. The normalized spacial score (nSPS) is 10.3. The quantitative estimate of drug-likeness (QED) is 0.555. The second kappa shape index (κ2) is 8.26. The van der Waals surface area contributed by atoms with E-state index in [0.717, 1.165) is 5.56 Å². The van der Waals surface area contributed by atoms with Gasteiger partial charge in [-0.1, -0.05) is 12.1 Å². The van der Waals surface area contributed by atoms with Gasteiger partial charge in [0.05, 0.1) is 16.7 Å². The van der Waals surface area contributed by atoms with Gasteiger partial charge in [0, 0.05) is 17.9 Å². The zero-order chi connectivity index (χ0) is 21.0. The largest absolute Gasteiger partial charge is 0.478 e. The van der Waals surface area contributed by atoms with Crippen molar-refractivity contribution in [3.63, 3.8) is 0 Å². The second-order valence-electron chi connectivity index (χ2n) is 6.29. The van der Waals surface area contributed by atoms with E-state index in [-0.39, 0.29) is 16.7 Å². The van der Waals surface area contributed by atoms with Gasteiger partial charge in [0.25, 0.3) is 0 Å². The average molecular weight is 391 g/mol. The fourth-order valence-electron chi connectivity index (χ4n) is 2.83. The van der Waals surface area contributed by atoms with Gasteiger partial charge in [-0.2, -0.15) is 0 Å². The predicted octanol–water partition coefficient (Wildman–Crippen LogP) is 4.12. The highest BCUT2D eigenvalue weighted by Crippen LogP contribution is 2.28. The van der Waals surface area contributed by atoms with Crippen LogP contribution in [0.3, 0.4) is 0 Å². The van der Waals surface area contributed by atoms with Crippen LogP contribution >= 0.6 is 0 Å². The molecule has 0 aliphatic rings. The zero-order valence-electron chi connectivity index (χ0n) is 15.1. The molecule has 0 fully saturated rings. The Balaban J connectivity index is 1.97. The molecule has 0 bridgehead atoms. The Bertz CT molecular complexity index is 983. The lowest BCUT2D eigenvalue weighted by atomic mass is 10.1. The van der Waals surface area contributed by atoms with Crippen molar-refractivity contribution in [3.05, 3.63) is 95.1 Å². The van der Waals surface area contributed by atoms with Crippen LogP contribution < -0.4 is 4.90 Å². The molecule has 3 aromatic rings. The first-order chi connectivity index (χ1) is 13.8. The van der Waals surface area contributed by atoms with Crippen LogP contribution in [-0.4, -0.2) is 33.2 Å². The maximum Gasteiger partial charge on any atom is 0.335 e. The van der Waals surface area contributed by atoms with E-state index < -0.39 is 17.9 Å². The molecule has 0 heterocycles. The summed E-state index contributed by atoms with van der Waals surface area (Å²) in [6.45, 7) is 0.374. The van der Waals surface area contributed by atoms with Crippen molar-refractivity contribution < 1.29 is 29.7 Å². The number of hydrogen-bond donors (Lipinski definition) is 3. The third-order valence-electron chi connectivity index (χ3n) is 4.39. The lowest BCUT2D eigenvalue weighted by molar-refractivity contribution is 0.0686. The molecule has 0 radical (unpaired) electrons. The van der Waals surface area contributed by atoms with E-state index in [0.29, 0.717) is 17.9 Å². The number of benzene rings is 3. The highest BCUT2D eigenvalue weighted by molar-refractivity contribution is 5.89. The molecule has 146 valence electrons. The molecule has 3 rings (SSSR count). The summed E-state index contributed by atoms with van der Waals surface area (Å²) in [7, 11) is 0. The SMILES string of the molecule is O=C(O)c1ccc(CN(c2ccc(C(=O)O)cc2)c2ccc(C(=O)O)cc2)cc1. The van der Waals surface area contributed by atoms with Crippen LogP contribution in [0.1, 0.15) is 36.6 Å². The Morgan fingerprint density at radius 3 is 1.17 bits per heavy atom. The Kier molecular flexibility index (Phi) is 5.59. The van der Waals surface area contributed by atoms with Crippen molar-refractivity contribution in [1.82, 2.24) is 0 Å². The van der Waals surface area contributed by atoms with E-state index in [2.05, 4.69) is 0 Å². The molecule has 0 amide bonds. The van der Waals surface area contributed by atoms with Crippen molar-refractivity contribution in [2.24, 2.45) is 0 Å². The number of rotatable bonds is 7. The van der Waals surface area contributed by atoms with E-state index in [1.54, 1.807) is 36.4 Å². The predicted molar refractivity (Wildman–Crippen MR) is 106 cm³/mol. The van der Waals surface area contributed by atoms with E-state index in [9.17, 15) is 14.4 Å². The van der Waals surface area contributed by atoms with Gasteiger partial charge in [-0.3, -0.25) is 0 Å². The van der Waals surface area contributed by atoms with Crippen LogP contribution in [0.25, 0.3) is 0 Å². The molecular weight excluding hydrogens is 374 g/mol. The van der Waals surface area contributed by atoms with Crippen LogP contribution in [0.5, 0.6) is 0 Å². The number of nitrogens with zero attached hydrogens (tertiary/aromatic N) is 1. The molecule has 0 aliphatic carbocycles. The summed E-state index contributed by atoms with van der Waals surface area (Å²) in [5.41, 5.74) is 2.73. The first-order valence-electron chi connectivity index (χ1n) is 8.61. The van der Waals surface area contributed by atoms with Crippen LogP contribution in [0.2, 0.25) is 0 Å². The molecule has 0 unspecified atom stereocenters. The van der Waals surface area contributed by atoms with Gasteiger partial charge in [-0.25, -0.2) is 14.4 Å². The van der Waals surface area contributed by atoms with Crippen molar-refractivity contribution in [3.8, 4) is 0 Å². The smallest absolute Gasteiger partial charge is 0.335 e. The number of aromatic carboxylic acids is 3. The molecule has 0 saturated carbocycles. The van der Waals surface area contributed by atoms with Gasteiger partial charge in [-0.15, -0.1) is 0 Å². The van der Waals surface area contributed by atoms with E-state index in [1.807, 2.05) is 4.90 Å². The highest BCUT2D eigenvalue weighted by atomic mass is 16.4. The molecule has 0 aliphatic heterocycles. The van der Waals surface area contributed by atoms with Crippen LogP contribution in [0.15, 0.2) is 72.8 Å². The molecule has 7 nitrogen and oxygen atoms in total. The van der Waals surface area contributed by atoms with Crippen LogP contribution in [0.4, 0.5) is 11.4 Å². The lowest BCUT2D eigenvalue weighted by Crippen LogP contribution is -2.17. The van der Waals surface area contributed by atoms with Gasteiger partial charge in [0.15, 0.2) is 0 Å². The maximum atomic E-state index is 11.1. The average Bonchev–Trinajstić information content (AvgIpc) is 2.72. The minimum absolute atomic E-state index is 0.153. The summed E-state index contributed by atoms with van der Waals surface area (Å²) >= 11 is 0. The molecule has 0 saturated heterocycles. The molecule has 3 N–H and O–H groups in total. The Morgan fingerprint density at radius 1 is 0.552 bits per heavy atom. The van der Waals surface area contributed by atoms with Gasteiger partial charge in [0.1, 0.15) is 0 Å². The zero-order valence-corrected chi connectivity index (χ0v) is 15.1. The third-order valence-corrected chi connectivity index (χ3v) is 4.39. The summed E-state index contributed by atoms with van der Waals surface area (Å²) in [6, 6.07) is 19.1. The summed E-state index contributed by atoms with van der Waals surface area (Å²) in [5.74, 6) is -3.07. The highest BCUT2D eigenvalue weighted by Gasteiger charge is 2.13. The lowest BCUT2D eigenvalue weighted by Gasteiger charge is -2.25. The molecular formula is C22H17NO6. The topological polar surface area (TPSA) is 115 Å². The minimum atomic E-state index is -1.03. The van der Waals surface area contributed by atoms with Crippen LogP contribution in [0, 0.1) is 0 Å². The van der Waals surface area contributed by atoms with Gasteiger partial charge >= 0.3 is 17.9 Å². The molecule has 0 atom stereocenters. The van der Waals surface area contributed by atoms with Crippen molar-refractivity contribution in [2.45, 2.75) is 6.54 Å². The Labute approximate surface area is 166 Å². The maximum absolute atomic E-state index is 11.1. The van der Waals surface area contributed by atoms with E-state index in [4.69, 9.17) is 15.3 Å². The van der Waals surface area contributed by atoms with Gasteiger partial charge < -0.3 is 20.2 Å². The first-order valence-corrected chi connectivity index (χ1v) is 8.61. The Hall–Kier alpha value is -4.13. The second-order valence-corrected chi connectivity index (χ2v) is 6.29.